The van der Waals surface area contributed by atoms with E-state index in [1.54, 1.807) is 4.90 Å². The molecular weight excluding hydrogens is 540 g/mol. The van der Waals surface area contributed by atoms with Crippen molar-refractivity contribution < 1.29 is 19.4 Å². The van der Waals surface area contributed by atoms with Gasteiger partial charge in [0, 0.05) is 61.0 Å². The van der Waals surface area contributed by atoms with Crippen LogP contribution in [0.5, 0.6) is 5.75 Å². The first-order chi connectivity index (χ1) is 20.7. The van der Waals surface area contributed by atoms with Gasteiger partial charge in [-0.05, 0) is 49.4 Å². The van der Waals surface area contributed by atoms with Gasteiger partial charge in [0.05, 0.1) is 25.5 Å². The van der Waals surface area contributed by atoms with Crippen molar-refractivity contribution in [2.75, 3.05) is 32.1 Å². The van der Waals surface area contributed by atoms with Gasteiger partial charge in [-0.3, -0.25) is 14.5 Å². The molecule has 3 aromatic carbocycles. The van der Waals surface area contributed by atoms with E-state index in [1.165, 1.54) is 5.56 Å². The summed E-state index contributed by atoms with van der Waals surface area (Å²) in [4.78, 5) is 30.7. The average Bonchev–Trinajstić information content (AvgIpc) is 3.32. The van der Waals surface area contributed by atoms with Crippen LogP contribution >= 0.6 is 0 Å². The summed E-state index contributed by atoms with van der Waals surface area (Å²) in [5, 5.41) is 14.0. The zero-order chi connectivity index (χ0) is 30.5. The minimum atomic E-state index is -0.317. The van der Waals surface area contributed by atoms with Crippen LogP contribution in [0.2, 0.25) is 0 Å². The number of benzene rings is 3. The zero-order valence-corrected chi connectivity index (χ0v) is 25.5. The van der Waals surface area contributed by atoms with E-state index >= 15 is 0 Å². The van der Waals surface area contributed by atoms with E-state index in [4.69, 9.17) is 4.74 Å². The number of aliphatic hydroxyl groups excluding tert-OH is 1. The van der Waals surface area contributed by atoms with Crippen molar-refractivity contribution in [3.8, 4) is 5.75 Å². The number of aromatic nitrogens is 1. The third-order valence-corrected chi connectivity index (χ3v) is 8.32. The maximum absolute atomic E-state index is 13.6. The van der Waals surface area contributed by atoms with Crippen LogP contribution in [0.3, 0.4) is 0 Å². The predicted octanol–water partition coefficient (Wildman–Crippen LogP) is 4.64. The van der Waals surface area contributed by atoms with Gasteiger partial charge in [0.25, 0.3) is 0 Å². The average molecular weight is 583 g/mol. The van der Waals surface area contributed by atoms with E-state index < -0.39 is 0 Å². The van der Waals surface area contributed by atoms with Crippen molar-refractivity contribution in [1.82, 2.24) is 14.4 Å². The number of para-hydroxylation sites is 1. The molecule has 0 fully saturated rings. The molecule has 0 bridgehead atoms. The summed E-state index contributed by atoms with van der Waals surface area (Å²) >= 11 is 0. The van der Waals surface area contributed by atoms with E-state index in [0.717, 1.165) is 23.0 Å². The van der Waals surface area contributed by atoms with Crippen molar-refractivity contribution in [2.45, 2.75) is 45.4 Å². The fourth-order valence-corrected chi connectivity index (χ4v) is 5.94. The molecule has 43 heavy (non-hydrogen) atoms. The zero-order valence-electron chi connectivity index (χ0n) is 25.5. The van der Waals surface area contributed by atoms with E-state index in [0.29, 0.717) is 30.1 Å². The molecule has 8 heteroatoms. The Morgan fingerprint density at radius 1 is 1.12 bits per heavy atom. The molecule has 2 heterocycles. The molecule has 0 radical (unpaired) electrons. The van der Waals surface area contributed by atoms with Crippen molar-refractivity contribution >= 4 is 28.4 Å². The van der Waals surface area contributed by atoms with Gasteiger partial charge < -0.3 is 24.6 Å². The van der Waals surface area contributed by atoms with Crippen LogP contribution in [0, 0.1) is 5.92 Å². The molecule has 226 valence electrons. The molecule has 0 saturated heterocycles. The summed E-state index contributed by atoms with van der Waals surface area (Å²) in [5.74, 6) is 0.456. The summed E-state index contributed by atoms with van der Waals surface area (Å²) in [7, 11) is 4.05. The quantitative estimate of drug-likeness (QED) is 0.300. The molecule has 2 N–H and O–H groups in total. The Hall–Kier alpha value is -4.14. The maximum atomic E-state index is 13.6. The monoisotopic (exact) mass is 582 g/mol. The highest BCUT2D eigenvalue weighted by molar-refractivity contribution is 5.96. The predicted molar refractivity (Wildman–Crippen MR) is 170 cm³/mol. The van der Waals surface area contributed by atoms with Gasteiger partial charge >= 0.3 is 0 Å². The Bertz CT molecular complexity index is 1570. The van der Waals surface area contributed by atoms with Crippen LogP contribution < -0.4 is 10.1 Å². The Labute approximate surface area is 253 Å². The molecule has 0 saturated carbocycles. The number of aryl methyl sites for hydroxylation is 1. The number of amides is 2. The third-order valence-electron chi connectivity index (χ3n) is 8.32. The van der Waals surface area contributed by atoms with Crippen molar-refractivity contribution in [2.24, 2.45) is 13.0 Å². The first-order valence-electron chi connectivity index (χ1n) is 15.0. The normalized spacial score (nSPS) is 18.0. The molecule has 3 atom stereocenters. The van der Waals surface area contributed by atoms with Crippen LogP contribution in [0.1, 0.15) is 30.5 Å². The fourth-order valence-electron chi connectivity index (χ4n) is 5.94. The van der Waals surface area contributed by atoms with E-state index in [9.17, 15) is 14.7 Å². The molecular formula is C35H42N4O4. The number of carbonyl (C=O) groups is 2. The Morgan fingerprint density at radius 3 is 2.63 bits per heavy atom. The number of hydrogen-bond acceptors (Lipinski definition) is 5. The lowest BCUT2D eigenvalue weighted by molar-refractivity contribution is -0.134. The van der Waals surface area contributed by atoms with Gasteiger partial charge in [0.2, 0.25) is 11.8 Å². The van der Waals surface area contributed by atoms with Crippen LogP contribution in [0.15, 0.2) is 79.0 Å². The highest BCUT2D eigenvalue weighted by Gasteiger charge is 2.31. The standard InChI is InChI=1S/C35H42N4O4/c1-24-19-39(25(2)23-40)35(42)18-27-16-29(36-34(41)17-28-21-38(4)31-13-9-8-12-30(28)31)14-15-32(27)43-33(24)22-37(3)20-26-10-6-5-7-11-26/h5-16,21,24-25,33,40H,17-20,22-23H2,1-4H3,(H,36,41)/t24-,25+,33-/m0/s1. The van der Waals surface area contributed by atoms with Gasteiger partial charge in [0.15, 0.2) is 0 Å². The number of carbonyl (C=O) groups excluding carboxylic acids is 2. The number of likely N-dealkylation sites (N-methyl/N-ethyl adjacent to an activating group) is 1. The second kappa shape index (κ2) is 13.4. The number of hydrogen-bond donors (Lipinski definition) is 2. The fraction of sp³-hybridized carbons (Fsp3) is 0.371. The summed E-state index contributed by atoms with van der Waals surface area (Å²) in [6.45, 7) is 5.76. The first-order valence-corrected chi connectivity index (χ1v) is 15.0. The molecule has 0 unspecified atom stereocenters. The number of aliphatic hydroxyl groups is 1. The van der Waals surface area contributed by atoms with Crippen LogP contribution in [0.25, 0.3) is 10.9 Å². The van der Waals surface area contributed by atoms with Gasteiger partial charge in [-0.2, -0.15) is 0 Å². The minimum Gasteiger partial charge on any atom is -0.488 e. The molecule has 0 aliphatic carbocycles. The summed E-state index contributed by atoms with van der Waals surface area (Å²) in [5.41, 5.74) is 4.59. The Morgan fingerprint density at radius 2 is 1.86 bits per heavy atom. The lowest BCUT2D eigenvalue weighted by atomic mass is 10.0. The van der Waals surface area contributed by atoms with Crippen LogP contribution in [0.4, 0.5) is 5.69 Å². The highest BCUT2D eigenvalue weighted by atomic mass is 16.5. The van der Waals surface area contributed by atoms with E-state index in [1.807, 2.05) is 85.4 Å². The SMILES string of the molecule is C[C@H](CO)N1C[C@H](C)[C@H](CN(C)Cc2ccccc2)Oc2ccc(NC(=O)Cc3cn(C)c4ccccc34)cc2CC1=O. The maximum Gasteiger partial charge on any atom is 0.228 e. The van der Waals surface area contributed by atoms with Crippen LogP contribution in [-0.4, -0.2) is 70.2 Å². The summed E-state index contributed by atoms with van der Waals surface area (Å²) in [6.07, 6.45) is 2.15. The molecule has 5 rings (SSSR count). The van der Waals surface area contributed by atoms with E-state index in [2.05, 4.69) is 36.3 Å². The molecule has 1 aromatic heterocycles. The van der Waals surface area contributed by atoms with E-state index in [-0.39, 0.29) is 49.3 Å². The lowest BCUT2D eigenvalue weighted by Gasteiger charge is -2.34. The first kappa shape index (κ1) is 30.3. The smallest absolute Gasteiger partial charge is 0.228 e. The van der Waals surface area contributed by atoms with Gasteiger partial charge in [0.1, 0.15) is 11.9 Å². The second-order valence-corrected chi connectivity index (χ2v) is 11.9. The number of anilines is 1. The summed E-state index contributed by atoms with van der Waals surface area (Å²) < 4.78 is 8.69. The molecule has 4 aromatic rings. The topological polar surface area (TPSA) is 87.0 Å². The minimum absolute atomic E-state index is 0.0159. The lowest BCUT2D eigenvalue weighted by Crippen LogP contribution is -2.47. The summed E-state index contributed by atoms with van der Waals surface area (Å²) in [6, 6.07) is 23.6. The Balaban J connectivity index is 1.37. The molecule has 0 spiro atoms. The molecule has 2 amide bonds. The number of fused-ring (bicyclic) bond motifs is 2. The van der Waals surface area contributed by atoms with Crippen molar-refractivity contribution in [1.29, 1.82) is 0 Å². The number of nitrogens with zero attached hydrogens (tertiary/aromatic N) is 3. The largest absolute Gasteiger partial charge is 0.488 e. The molecule has 8 nitrogen and oxygen atoms in total. The number of ether oxygens (including phenoxy) is 1. The Kier molecular flexibility index (Phi) is 9.48. The van der Waals surface area contributed by atoms with Crippen molar-refractivity contribution in [3.63, 3.8) is 0 Å². The number of nitrogens with one attached hydrogen (secondary N) is 1. The van der Waals surface area contributed by atoms with Gasteiger partial charge in [-0.25, -0.2) is 0 Å². The van der Waals surface area contributed by atoms with Gasteiger partial charge in [-0.15, -0.1) is 0 Å². The van der Waals surface area contributed by atoms with Crippen molar-refractivity contribution in [3.05, 3.63) is 95.7 Å². The van der Waals surface area contributed by atoms with Gasteiger partial charge in [-0.1, -0.05) is 55.5 Å². The highest BCUT2D eigenvalue weighted by Crippen LogP contribution is 2.30. The third kappa shape index (κ3) is 7.27. The molecule has 1 aliphatic rings. The van der Waals surface area contributed by atoms with Crippen LogP contribution in [-0.2, 0) is 36.0 Å². The number of rotatable bonds is 9. The molecule has 1 aliphatic heterocycles. The second-order valence-electron chi connectivity index (χ2n) is 11.9.